The van der Waals surface area contributed by atoms with Crippen LogP contribution < -0.4 is 0 Å². The standard InChI is InChI=1S/C21H27F2N3O3/c1-12-18-16(19(22)23)11-17(24-20(18)29-25-12)13-6-8-26(9-7-13)21(27)14-4-3-5-15(10-14)28-2/h11,13-15,19H,3-10H2,1-2H3/t14-,15+/m1/s1. The number of pyridine rings is 1. The van der Waals surface area contributed by atoms with E-state index in [2.05, 4.69) is 10.1 Å². The molecule has 0 aromatic carbocycles. The van der Waals surface area contributed by atoms with Crippen molar-refractivity contribution in [3.63, 3.8) is 0 Å². The number of fused-ring (bicyclic) bond motifs is 1. The minimum Gasteiger partial charge on any atom is -0.381 e. The number of methoxy groups -OCH3 is 1. The Kier molecular flexibility index (Phi) is 5.81. The van der Waals surface area contributed by atoms with E-state index in [0.717, 1.165) is 25.7 Å². The number of alkyl halides is 2. The molecular formula is C21H27F2N3O3. The Hall–Kier alpha value is -2.09. The first-order chi connectivity index (χ1) is 14.0. The zero-order valence-electron chi connectivity index (χ0n) is 16.9. The SMILES string of the molecule is CO[C@H]1CCC[C@@H](C(=O)N2CCC(c3cc(C(F)F)c4c(C)noc4n3)CC2)C1. The Balaban J connectivity index is 1.45. The average Bonchev–Trinajstić information content (AvgIpc) is 3.13. The Morgan fingerprint density at radius 1 is 1.28 bits per heavy atom. The van der Waals surface area contributed by atoms with Gasteiger partial charge in [-0.1, -0.05) is 11.6 Å². The lowest BCUT2D eigenvalue weighted by molar-refractivity contribution is -0.139. The molecule has 6 nitrogen and oxygen atoms in total. The highest BCUT2D eigenvalue weighted by molar-refractivity contribution is 5.81. The molecule has 2 fully saturated rings. The summed E-state index contributed by atoms with van der Waals surface area (Å²) < 4.78 is 37.8. The van der Waals surface area contributed by atoms with Crippen LogP contribution in [0.25, 0.3) is 11.1 Å². The van der Waals surface area contributed by atoms with E-state index in [1.54, 1.807) is 14.0 Å². The van der Waals surface area contributed by atoms with Crippen LogP contribution >= 0.6 is 0 Å². The van der Waals surface area contributed by atoms with Gasteiger partial charge in [0, 0.05) is 43.3 Å². The number of carbonyl (C=O) groups excluding carboxylic acids is 1. The van der Waals surface area contributed by atoms with Gasteiger partial charge in [0.05, 0.1) is 17.2 Å². The van der Waals surface area contributed by atoms with Gasteiger partial charge >= 0.3 is 0 Å². The summed E-state index contributed by atoms with van der Waals surface area (Å²) in [5, 5.41) is 4.10. The van der Waals surface area contributed by atoms with Crippen molar-refractivity contribution in [3.8, 4) is 0 Å². The number of carbonyl (C=O) groups is 1. The van der Waals surface area contributed by atoms with E-state index in [9.17, 15) is 13.6 Å². The van der Waals surface area contributed by atoms with Crippen molar-refractivity contribution in [1.29, 1.82) is 0 Å². The van der Waals surface area contributed by atoms with Crippen LogP contribution in [0.5, 0.6) is 0 Å². The fourth-order valence-corrected chi connectivity index (χ4v) is 4.77. The normalized spacial score (nSPS) is 23.8. The van der Waals surface area contributed by atoms with Crippen molar-refractivity contribution in [1.82, 2.24) is 15.0 Å². The molecule has 2 aliphatic rings. The molecule has 0 bridgehead atoms. The molecule has 2 aromatic heterocycles. The Bertz CT molecular complexity index is 877. The molecule has 8 heteroatoms. The molecule has 0 unspecified atom stereocenters. The van der Waals surface area contributed by atoms with Crippen LogP contribution in [0.2, 0.25) is 0 Å². The number of amides is 1. The molecule has 2 aromatic rings. The van der Waals surface area contributed by atoms with Gasteiger partial charge in [-0.3, -0.25) is 4.79 Å². The Morgan fingerprint density at radius 3 is 2.72 bits per heavy atom. The number of rotatable bonds is 4. The molecule has 2 atom stereocenters. The molecule has 1 saturated heterocycles. The summed E-state index contributed by atoms with van der Waals surface area (Å²) in [5.41, 5.74) is 1.13. The van der Waals surface area contributed by atoms with E-state index in [1.807, 2.05) is 4.90 Å². The van der Waals surface area contributed by atoms with Gasteiger partial charge in [-0.15, -0.1) is 0 Å². The number of ether oxygens (including phenoxy) is 1. The number of nitrogens with zero attached hydrogens (tertiary/aromatic N) is 3. The van der Waals surface area contributed by atoms with E-state index in [0.29, 0.717) is 42.7 Å². The first kappa shape index (κ1) is 20.2. The molecule has 158 valence electrons. The van der Waals surface area contributed by atoms with Crippen LogP contribution in [0.15, 0.2) is 10.6 Å². The number of piperidine rings is 1. The highest BCUT2D eigenvalue weighted by Crippen LogP contribution is 2.35. The monoisotopic (exact) mass is 407 g/mol. The van der Waals surface area contributed by atoms with Gasteiger partial charge in [-0.2, -0.15) is 0 Å². The molecule has 1 aliphatic heterocycles. The first-order valence-corrected chi connectivity index (χ1v) is 10.3. The van der Waals surface area contributed by atoms with Crippen molar-refractivity contribution in [2.45, 2.75) is 63.9 Å². The van der Waals surface area contributed by atoms with E-state index in [1.165, 1.54) is 6.07 Å². The van der Waals surface area contributed by atoms with Gasteiger partial charge < -0.3 is 14.2 Å². The number of hydrogen-bond acceptors (Lipinski definition) is 5. The fraction of sp³-hybridized carbons (Fsp3) is 0.667. The quantitative estimate of drug-likeness (QED) is 0.752. The maximum Gasteiger partial charge on any atom is 0.264 e. The van der Waals surface area contributed by atoms with Crippen LogP contribution in [0.3, 0.4) is 0 Å². The molecule has 0 N–H and O–H groups in total. The van der Waals surface area contributed by atoms with Crippen LogP contribution in [-0.2, 0) is 9.53 Å². The molecule has 29 heavy (non-hydrogen) atoms. The zero-order valence-corrected chi connectivity index (χ0v) is 16.9. The number of likely N-dealkylation sites (tertiary alicyclic amines) is 1. The van der Waals surface area contributed by atoms with E-state index in [4.69, 9.17) is 9.26 Å². The number of aromatic nitrogens is 2. The summed E-state index contributed by atoms with van der Waals surface area (Å²) in [6.45, 7) is 2.89. The lowest BCUT2D eigenvalue weighted by atomic mass is 9.85. The van der Waals surface area contributed by atoms with Crippen molar-refractivity contribution in [2.75, 3.05) is 20.2 Å². The summed E-state index contributed by atoms with van der Waals surface area (Å²) >= 11 is 0. The van der Waals surface area contributed by atoms with Gasteiger partial charge in [0.15, 0.2) is 0 Å². The number of hydrogen-bond donors (Lipinski definition) is 0. The maximum absolute atomic E-state index is 13.6. The van der Waals surface area contributed by atoms with Gasteiger partial charge in [-0.25, -0.2) is 13.8 Å². The van der Waals surface area contributed by atoms with Gasteiger partial charge in [0.2, 0.25) is 5.91 Å². The summed E-state index contributed by atoms with van der Waals surface area (Å²) in [4.78, 5) is 19.3. The van der Waals surface area contributed by atoms with Crippen LogP contribution in [0.4, 0.5) is 8.78 Å². The third-order valence-electron chi connectivity index (χ3n) is 6.44. The smallest absolute Gasteiger partial charge is 0.264 e. The third kappa shape index (κ3) is 3.99. The third-order valence-corrected chi connectivity index (χ3v) is 6.44. The molecule has 0 spiro atoms. The summed E-state index contributed by atoms with van der Waals surface area (Å²) in [5.74, 6) is 0.263. The van der Waals surface area contributed by atoms with Gasteiger partial charge in [0.25, 0.3) is 12.1 Å². The summed E-state index contributed by atoms with van der Waals surface area (Å²) in [6, 6.07) is 1.49. The largest absolute Gasteiger partial charge is 0.381 e. The molecule has 1 saturated carbocycles. The topological polar surface area (TPSA) is 68.5 Å². The average molecular weight is 407 g/mol. The van der Waals surface area contributed by atoms with Gasteiger partial charge in [0.1, 0.15) is 0 Å². The predicted molar refractivity (Wildman–Crippen MR) is 103 cm³/mol. The second kappa shape index (κ2) is 8.34. The fourth-order valence-electron chi connectivity index (χ4n) is 4.77. The predicted octanol–water partition coefficient (Wildman–Crippen LogP) is 4.38. The molecular weight excluding hydrogens is 380 g/mol. The van der Waals surface area contributed by atoms with E-state index in [-0.39, 0.29) is 35.1 Å². The Morgan fingerprint density at radius 2 is 2.03 bits per heavy atom. The van der Waals surface area contributed by atoms with Crippen molar-refractivity contribution in [3.05, 3.63) is 23.0 Å². The second-order valence-corrected chi connectivity index (χ2v) is 8.21. The molecule has 3 heterocycles. The first-order valence-electron chi connectivity index (χ1n) is 10.3. The lowest BCUT2D eigenvalue weighted by Gasteiger charge is -2.36. The number of aryl methyl sites for hydroxylation is 1. The minimum absolute atomic E-state index is 0.0299. The maximum atomic E-state index is 13.6. The summed E-state index contributed by atoms with van der Waals surface area (Å²) in [6.07, 6.45) is 2.71. The molecule has 1 aliphatic carbocycles. The van der Waals surface area contributed by atoms with Gasteiger partial charge in [-0.05, 0) is 45.1 Å². The molecule has 4 rings (SSSR count). The van der Waals surface area contributed by atoms with Crippen molar-refractivity contribution in [2.24, 2.45) is 5.92 Å². The van der Waals surface area contributed by atoms with E-state index < -0.39 is 6.43 Å². The van der Waals surface area contributed by atoms with Crippen LogP contribution in [0.1, 0.15) is 67.8 Å². The molecule has 1 amide bonds. The van der Waals surface area contributed by atoms with Crippen molar-refractivity contribution < 1.29 is 22.8 Å². The highest BCUT2D eigenvalue weighted by atomic mass is 19.3. The highest BCUT2D eigenvalue weighted by Gasteiger charge is 2.33. The Labute approximate surface area is 168 Å². The van der Waals surface area contributed by atoms with Crippen LogP contribution in [0, 0.1) is 12.8 Å². The van der Waals surface area contributed by atoms with Crippen molar-refractivity contribution >= 4 is 17.0 Å². The summed E-state index contributed by atoms with van der Waals surface area (Å²) in [7, 11) is 1.70. The minimum atomic E-state index is -2.61. The zero-order chi connectivity index (χ0) is 20.5. The van der Waals surface area contributed by atoms with Crippen LogP contribution in [-0.4, -0.2) is 47.3 Å². The van der Waals surface area contributed by atoms with E-state index >= 15 is 0 Å². The number of halogens is 2. The lowest BCUT2D eigenvalue weighted by Crippen LogP contribution is -2.43. The second-order valence-electron chi connectivity index (χ2n) is 8.21. The molecule has 0 radical (unpaired) electrons.